The van der Waals surface area contributed by atoms with Gasteiger partial charge in [-0.1, -0.05) is 12.1 Å². The summed E-state index contributed by atoms with van der Waals surface area (Å²) in [5.41, 5.74) is 3.59. The molecule has 3 heterocycles. The van der Waals surface area contributed by atoms with Gasteiger partial charge in [0.15, 0.2) is 0 Å². The minimum atomic E-state index is -0.0317. The lowest BCUT2D eigenvalue weighted by Crippen LogP contribution is -2.50. The standard InChI is InChI=1S/C29H35N7O2/c1-35-20-24(19-33-35)23-3-7-26(8-4-23)36(29(37)32-17-21-12-14-38-15-13-21)27-9-5-25(6-10-27)34-28-11-2-22(16-30)18-31-28/h2-4,7-8,11,18-21,25,27H,5-6,9-10,12-15,17H2,1H3,(H,31,34)(H,32,37). The number of rotatable bonds is 7. The monoisotopic (exact) mass is 513 g/mol. The van der Waals surface area contributed by atoms with Crippen molar-refractivity contribution in [2.24, 2.45) is 13.0 Å². The molecule has 0 bridgehead atoms. The predicted octanol–water partition coefficient (Wildman–Crippen LogP) is 4.72. The maximum absolute atomic E-state index is 13.6. The Morgan fingerprint density at radius 1 is 1.05 bits per heavy atom. The molecule has 5 rings (SSSR count). The molecule has 0 unspecified atom stereocenters. The lowest BCUT2D eigenvalue weighted by Gasteiger charge is -2.37. The molecule has 2 aromatic heterocycles. The number of urea groups is 1. The number of amides is 2. The minimum Gasteiger partial charge on any atom is -0.381 e. The van der Waals surface area contributed by atoms with Crippen molar-refractivity contribution in [1.82, 2.24) is 20.1 Å². The van der Waals surface area contributed by atoms with E-state index in [-0.39, 0.29) is 18.1 Å². The van der Waals surface area contributed by atoms with Crippen LogP contribution in [-0.4, -0.2) is 52.6 Å². The number of nitrogens with one attached hydrogen (secondary N) is 2. The summed E-state index contributed by atoms with van der Waals surface area (Å²) in [7, 11) is 1.91. The number of ether oxygens (including phenoxy) is 1. The SMILES string of the molecule is Cn1cc(-c2ccc(N(C(=O)NCC3CCOCC3)C3CCC(Nc4ccc(C#N)cn4)CC3)cc2)cn1. The second kappa shape index (κ2) is 12.1. The van der Waals surface area contributed by atoms with Gasteiger partial charge in [-0.3, -0.25) is 9.58 Å². The molecular formula is C29H35N7O2. The van der Waals surface area contributed by atoms with Gasteiger partial charge in [0.1, 0.15) is 11.9 Å². The van der Waals surface area contributed by atoms with Crippen LogP contribution in [0.4, 0.5) is 16.3 Å². The van der Waals surface area contributed by atoms with Gasteiger partial charge in [0, 0.05) is 62.5 Å². The second-order valence-electron chi connectivity index (χ2n) is 10.3. The Hall–Kier alpha value is -3.90. The van der Waals surface area contributed by atoms with E-state index in [1.807, 2.05) is 42.5 Å². The fraction of sp³-hybridized carbons (Fsp3) is 0.448. The van der Waals surface area contributed by atoms with Crippen LogP contribution in [0.3, 0.4) is 0 Å². The van der Waals surface area contributed by atoms with Crippen LogP contribution in [0.5, 0.6) is 0 Å². The van der Waals surface area contributed by atoms with Gasteiger partial charge >= 0.3 is 6.03 Å². The van der Waals surface area contributed by atoms with Gasteiger partial charge < -0.3 is 15.4 Å². The predicted molar refractivity (Wildman–Crippen MR) is 147 cm³/mol. The fourth-order valence-corrected chi connectivity index (χ4v) is 5.38. The van der Waals surface area contributed by atoms with Gasteiger partial charge in [-0.2, -0.15) is 10.4 Å². The van der Waals surface area contributed by atoms with Crippen molar-refractivity contribution in [3.8, 4) is 17.2 Å². The zero-order valence-electron chi connectivity index (χ0n) is 21.8. The van der Waals surface area contributed by atoms with Crippen LogP contribution in [0.25, 0.3) is 11.1 Å². The Bertz CT molecular complexity index is 1240. The summed E-state index contributed by atoms with van der Waals surface area (Å²) < 4.78 is 7.27. The quantitative estimate of drug-likeness (QED) is 0.473. The number of pyridine rings is 1. The summed E-state index contributed by atoms with van der Waals surface area (Å²) in [4.78, 5) is 19.9. The van der Waals surface area contributed by atoms with E-state index < -0.39 is 0 Å². The Balaban J connectivity index is 1.27. The summed E-state index contributed by atoms with van der Waals surface area (Å²) in [6.07, 6.45) is 11.1. The number of nitrogens with zero attached hydrogens (tertiary/aromatic N) is 5. The van der Waals surface area contributed by atoms with Crippen molar-refractivity contribution in [1.29, 1.82) is 5.26 Å². The van der Waals surface area contributed by atoms with Crippen LogP contribution in [0.15, 0.2) is 55.0 Å². The summed E-state index contributed by atoms with van der Waals surface area (Å²) in [5.74, 6) is 1.24. The smallest absolute Gasteiger partial charge is 0.322 e. The molecule has 1 aromatic carbocycles. The zero-order chi connectivity index (χ0) is 26.3. The number of benzene rings is 1. The number of anilines is 2. The van der Waals surface area contributed by atoms with Crippen LogP contribution in [0, 0.1) is 17.2 Å². The molecule has 2 aliphatic rings. The van der Waals surface area contributed by atoms with E-state index in [9.17, 15) is 4.79 Å². The summed E-state index contributed by atoms with van der Waals surface area (Å²) in [6, 6.07) is 14.3. The normalized spacial score (nSPS) is 19.9. The maximum atomic E-state index is 13.6. The molecule has 38 heavy (non-hydrogen) atoms. The first-order valence-electron chi connectivity index (χ1n) is 13.5. The number of aromatic nitrogens is 3. The molecule has 2 N–H and O–H groups in total. The van der Waals surface area contributed by atoms with E-state index in [1.165, 1.54) is 0 Å². The lowest BCUT2D eigenvalue weighted by atomic mass is 9.89. The number of nitriles is 1. The molecule has 1 saturated carbocycles. The Labute approximate surface area is 223 Å². The van der Waals surface area contributed by atoms with Crippen LogP contribution in [0.2, 0.25) is 0 Å². The van der Waals surface area contributed by atoms with E-state index >= 15 is 0 Å². The van der Waals surface area contributed by atoms with Gasteiger partial charge in [-0.15, -0.1) is 0 Å². The van der Waals surface area contributed by atoms with Gasteiger partial charge in [-0.05, 0) is 74.3 Å². The molecule has 3 aromatic rings. The topological polar surface area (TPSA) is 108 Å². The zero-order valence-corrected chi connectivity index (χ0v) is 21.8. The average molecular weight is 514 g/mol. The molecule has 1 aliphatic carbocycles. The summed E-state index contributed by atoms with van der Waals surface area (Å²) >= 11 is 0. The number of carbonyl (C=O) groups excluding carboxylic acids is 1. The number of carbonyl (C=O) groups is 1. The van der Waals surface area contributed by atoms with Gasteiger partial charge in [-0.25, -0.2) is 9.78 Å². The lowest BCUT2D eigenvalue weighted by molar-refractivity contribution is 0.0670. The van der Waals surface area contributed by atoms with Crippen molar-refractivity contribution in [3.05, 3.63) is 60.6 Å². The fourth-order valence-electron chi connectivity index (χ4n) is 5.38. The van der Waals surface area contributed by atoms with Gasteiger partial charge in [0.05, 0.1) is 11.8 Å². The molecular weight excluding hydrogens is 478 g/mol. The van der Waals surface area contributed by atoms with Crippen LogP contribution < -0.4 is 15.5 Å². The van der Waals surface area contributed by atoms with Crippen molar-refractivity contribution >= 4 is 17.5 Å². The first-order chi connectivity index (χ1) is 18.6. The second-order valence-corrected chi connectivity index (χ2v) is 10.3. The average Bonchev–Trinajstić information content (AvgIpc) is 3.40. The van der Waals surface area contributed by atoms with Crippen molar-refractivity contribution < 1.29 is 9.53 Å². The first-order valence-corrected chi connectivity index (χ1v) is 13.5. The molecule has 2 fully saturated rings. The minimum absolute atomic E-state index is 0.0317. The first kappa shape index (κ1) is 25.7. The van der Waals surface area contributed by atoms with Crippen molar-refractivity contribution in [3.63, 3.8) is 0 Å². The third-order valence-electron chi connectivity index (χ3n) is 7.59. The summed E-state index contributed by atoms with van der Waals surface area (Å²) in [5, 5.41) is 20.0. The molecule has 0 radical (unpaired) electrons. The molecule has 0 atom stereocenters. The number of hydrogen-bond acceptors (Lipinski definition) is 6. The molecule has 2 amide bonds. The van der Waals surface area contributed by atoms with E-state index in [4.69, 9.17) is 10.00 Å². The largest absolute Gasteiger partial charge is 0.381 e. The van der Waals surface area contributed by atoms with Crippen LogP contribution >= 0.6 is 0 Å². The molecule has 198 valence electrons. The van der Waals surface area contributed by atoms with Crippen LogP contribution in [-0.2, 0) is 11.8 Å². The van der Waals surface area contributed by atoms with E-state index in [0.717, 1.165) is 74.4 Å². The molecule has 9 nitrogen and oxygen atoms in total. The highest BCUT2D eigenvalue weighted by molar-refractivity contribution is 5.93. The number of hydrogen-bond donors (Lipinski definition) is 2. The highest BCUT2D eigenvalue weighted by Crippen LogP contribution is 2.31. The Morgan fingerprint density at radius 3 is 2.45 bits per heavy atom. The highest BCUT2D eigenvalue weighted by atomic mass is 16.5. The summed E-state index contributed by atoms with van der Waals surface area (Å²) in [6.45, 7) is 2.21. The molecule has 1 saturated heterocycles. The van der Waals surface area contributed by atoms with Gasteiger partial charge in [0.25, 0.3) is 0 Å². The van der Waals surface area contributed by atoms with Crippen molar-refractivity contribution in [2.45, 2.75) is 50.6 Å². The molecule has 1 aliphatic heterocycles. The third kappa shape index (κ3) is 6.32. The van der Waals surface area contributed by atoms with Crippen molar-refractivity contribution in [2.75, 3.05) is 30.0 Å². The Kier molecular flexibility index (Phi) is 8.19. The Morgan fingerprint density at radius 2 is 1.82 bits per heavy atom. The van der Waals surface area contributed by atoms with E-state index in [0.29, 0.717) is 18.0 Å². The maximum Gasteiger partial charge on any atom is 0.322 e. The van der Waals surface area contributed by atoms with Gasteiger partial charge in [0.2, 0.25) is 0 Å². The highest BCUT2D eigenvalue weighted by Gasteiger charge is 2.30. The molecule has 9 heteroatoms. The molecule has 0 spiro atoms. The van der Waals surface area contributed by atoms with Crippen LogP contribution in [0.1, 0.15) is 44.1 Å². The van der Waals surface area contributed by atoms with E-state index in [2.05, 4.69) is 38.9 Å². The third-order valence-corrected chi connectivity index (χ3v) is 7.59. The number of aryl methyl sites for hydroxylation is 1. The van der Waals surface area contributed by atoms with E-state index in [1.54, 1.807) is 16.9 Å².